The standard InChI is InChI=1S/C15H15Cl2NOS/c16-12-8-11(10-18)15(14(17)9-12)19-6-7-20-13-4-2-1-3-5-13/h1-5,8-9H,6-7,10,18H2. The van der Waals surface area contributed by atoms with Crippen LogP contribution in [0.5, 0.6) is 5.75 Å². The lowest BCUT2D eigenvalue weighted by molar-refractivity contribution is 0.340. The van der Waals surface area contributed by atoms with Crippen molar-refractivity contribution >= 4 is 35.0 Å². The van der Waals surface area contributed by atoms with Crippen molar-refractivity contribution in [2.24, 2.45) is 5.73 Å². The summed E-state index contributed by atoms with van der Waals surface area (Å²) in [4.78, 5) is 1.22. The van der Waals surface area contributed by atoms with Crippen LogP contribution in [0.25, 0.3) is 0 Å². The minimum atomic E-state index is 0.349. The van der Waals surface area contributed by atoms with E-state index in [1.807, 2.05) is 18.2 Å². The van der Waals surface area contributed by atoms with Gasteiger partial charge < -0.3 is 10.5 Å². The minimum absolute atomic E-state index is 0.349. The van der Waals surface area contributed by atoms with E-state index >= 15 is 0 Å². The molecule has 2 N–H and O–H groups in total. The van der Waals surface area contributed by atoms with Crippen molar-refractivity contribution in [2.45, 2.75) is 11.4 Å². The summed E-state index contributed by atoms with van der Waals surface area (Å²) in [6, 6.07) is 13.6. The molecule has 20 heavy (non-hydrogen) atoms. The molecule has 0 amide bonds. The Morgan fingerprint density at radius 2 is 1.85 bits per heavy atom. The Balaban J connectivity index is 1.91. The van der Waals surface area contributed by atoms with Gasteiger partial charge in [-0.15, -0.1) is 11.8 Å². The van der Waals surface area contributed by atoms with Crippen molar-refractivity contribution in [1.29, 1.82) is 0 Å². The zero-order chi connectivity index (χ0) is 14.4. The summed E-state index contributed by atoms with van der Waals surface area (Å²) >= 11 is 13.8. The molecule has 0 unspecified atom stereocenters. The molecule has 0 radical (unpaired) electrons. The molecule has 0 aliphatic rings. The second-order valence-corrected chi connectivity index (χ2v) is 6.10. The third-order valence-corrected chi connectivity index (χ3v) is 4.12. The van der Waals surface area contributed by atoms with Crippen molar-refractivity contribution < 1.29 is 4.74 Å². The first-order valence-corrected chi connectivity index (χ1v) is 7.93. The number of rotatable bonds is 6. The smallest absolute Gasteiger partial charge is 0.142 e. The average Bonchev–Trinajstić information content (AvgIpc) is 2.45. The highest BCUT2D eigenvalue weighted by Gasteiger charge is 2.09. The van der Waals surface area contributed by atoms with Crippen LogP contribution in [0.15, 0.2) is 47.4 Å². The molecule has 2 rings (SSSR count). The Bertz CT molecular complexity index is 563. The van der Waals surface area contributed by atoms with Crippen LogP contribution in [-0.4, -0.2) is 12.4 Å². The molecule has 106 valence electrons. The van der Waals surface area contributed by atoms with E-state index in [0.717, 1.165) is 11.3 Å². The fraction of sp³-hybridized carbons (Fsp3) is 0.200. The van der Waals surface area contributed by atoms with Crippen molar-refractivity contribution in [3.63, 3.8) is 0 Å². The average molecular weight is 328 g/mol. The lowest BCUT2D eigenvalue weighted by Gasteiger charge is -2.12. The summed E-state index contributed by atoms with van der Waals surface area (Å²) in [7, 11) is 0. The lowest BCUT2D eigenvalue weighted by Crippen LogP contribution is -2.06. The molecule has 0 heterocycles. The van der Waals surface area contributed by atoms with Gasteiger partial charge in [0.2, 0.25) is 0 Å². The number of benzene rings is 2. The predicted molar refractivity (Wildman–Crippen MR) is 87.0 cm³/mol. The summed E-state index contributed by atoms with van der Waals surface area (Å²) in [5, 5.41) is 1.07. The number of hydrogen-bond donors (Lipinski definition) is 1. The van der Waals surface area contributed by atoms with Gasteiger partial charge in [-0.2, -0.15) is 0 Å². The summed E-state index contributed by atoms with van der Waals surface area (Å²) in [6.07, 6.45) is 0. The van der Waals surface area contributed by atoms with Crippen molar-refractivity contribution in [3.05, 3.63) is 58.1 Å². The lowest BCUT2D eigenvalue weighted by atomic mass is 10.2. The Labute approximate surface area is 133 Å². The number of hydrogen-bond acceptors (Lipinski definition) is 3. The van der Waals surface area contributed by atoms with E-state index < -0.39 is 0 Å². The zero-order valence-electron chi connectivity index (χ0n) is 10.8. The van der Waals surface area contributed by atoms with Crippen LogP contribution in [0.3, 0.4) is 0 Å². The number of thioether (sulfide) groups is 1. The molecule has 0 saturated heterocycles. The summed E-state index contributed by atoms with van der Waals surface area (Å²) in [5.74, 6) is 1.47. The van der Waals surface area contributed by atoms with Crippen LogP contribution in [0.4, 0.5) is 0 Å². The highest BCUT2D eigenvalue weighted by atomic mass is 35.5. The highest BCUT2D eigenvalue weighted by Crippen LogP contribution is 2.32. The van der Waals surface area contributed by atoms with Gasteiger partial charge in [-0.05, 0) is 24.3 Å². The Hall–Kier alpha value is -0.870. The van der Waals surface area contributed by atoms with Crippen LogP contribution in [0.1, 0.15) is 5.56 Å². The number of halogens is 2. The molecular formula is C15H15Cl2NOS. The molecular weight excluding hydrogens is 313 g/mol. The van der Waals surface area contributed by atoms with Crippen molar-refractivity contribution in [2.75, 3.05) is 12.4 Å². The first kappa shape index (κ1) is 15.5. The van der Waals surface area contributed by atoms with E-state index in [2.05, 4.69) is 12.1 Å². The topological polar surface area (TPSA) is 35.2 Å². The molecule has 5 heteroatoms. The molecule has 0 aliphatic carbocycles. The third-order valence-electron chi connectivity index (χ3n) is 2.65. The summed E-state index contributed by atoms with van der Waals surface area (Å²) in [6.45, 7) is 0.912. The minimum Gasteiger partial charge on any atom is -0.491 e. The van der Waals surface area contributed by atoms with Gasteiger partial charge in [0.25, 0.3) is 0 Å². The van der Waals surface area contributed by atoms with Gasteiger partial charge in [0.05, 0.1) is 11.6 Å². The van der Waals surface area contributed by atoms with Gasteiger partial charge in [0.15, 0.2) is 0 Å². The monoisotopic (exact) mass is 327 g/mol. The molecule has 0 aliphatic heterocycles. The van der Waals surface area contributed by atoms with E-state index in [1.54, 1.807) is 23.9 Å². The molecule has 0 saturated carbocycles. The highest BCUT2D eigenvalue weighted by molar-refractivity contribution is 7.99. The van der Waals surface area contributed by atoms with Crippen LogP contribution >= 0.6 is 35.0 Å². The van der Waals surface area contributed by atoms with Gasteiger partial charge in [-0.1, -0.05) is 41.4 Å². The van der Waals surface area contributed by atoms with Gasteiger partial charge >= 0.3 is 0 Å². The van der Waals surface area contributed by atoms with Crippen molar-refractivity contribution in [3.8, 4) is 5.75 Å². The fourth-order valence-electron chi connectivity index (χ4n) is 1.75. The van der Waals surface area contributed by atoms with Crippen LogP contribution in [0, 0.1) is 0 Å². The maximum Gasteiger partial charge on any atom is 0.142 e. The molecule has 2 aromatic carbocycles. The second-order valence-electron chi connectivity index (χ2n) is 4.09. The molecule has 0 aromatic heterocycles. The van der Waals surface area contributed by atoms with Crippen LogP contribution in [0.2, 0.25) is 10.0 Å². The maximum atomic E-state index is 6.14. The van der Waals surface area contributed by atoms with Gasteiger partial charge in [-0.25, -0.2) is 0 Å². The number of ether oxygens (including phenoxy) is 1. The predicted octanol–water partition coefficient (Wildman–Crippen LogP) is 4.62. The van der Waals surface area contributed by atoms with E-state index in [0.29, 0.717) is 28.9 Å². The van der Waals surface area contributed by atoms with E-state index in [9.17, 15) is 0 Å². The Kier molecular flexibility index (Phi) is 6.05. The van der Waals surface area contributed by atoms with Crippen LogP contribution in [-0.2, 0) is 6.54 Å². The first-order valence-electron chi connectivity index (χ1n) is 6.19. The molecule has 0 spiro atoms. The van der Waals surface area contributed by atoms with Crippen molar-refractivity contribution in [1.82, 2.24) is 0 Å². The molecule has 0 atom stereocenters. The zero-order valence-corrected chi connectivity index (χ0v) is 13.1. The van der Waals surface area contributed by atoms with E-state index in [4.69, 9.17) is 33.7 Å². The molecule has 0 fully saturated rings. The molecule has 0 bridgehead atoms. The maximum absolute atomic E-state index is 6.14. The van der Waals surface area contributed by atoms with Crippen LogP contribution < -0.4 is 10.5 Å². The largest absolute Gasteiger partial charge is 0.491 e. The first-order chi connectivity index (χ1) is 9.70. The van der Waals surface area contributed by atoms with E-state index in [-0.39, 0.29) is 0 Å². The second kappa shape index (κ2) is 7.79. The summed E-state index contributed by atoms with van der Waals surface area (Å²) in [5.41, 5.74) is 6.51. The summed E-state index contributed by atoms with van der Waals surface area (Å²) < 4.78 is 5.74. The number of nitrogens with two attached hydrogens (primary N) is 1. The van der Waals surface area contributed by atoms with Gasteiger partial charge in [0.1, 0.15) is 5.75 Å². The van der Waals surface area contributed by atoms with Gasteiger partial charge in [0, 0.05) is 27.8 Å². The molecule has 2 aromatic rings. The Morgan fingerprint density at radius 1 is 1.10 bits per heavy atom. The normalized spacial score (nSPS) is 10.6. The van der Waals surface area contributed by atoms with Gasteiger partial charge in [-0.3, -0.25) is 0 Å². The quantitative estimate of drug-likeness (QED) is 0.620. The Morgan fingerprint density at radius 3 is 2.55 bits per heavy atom. The molecule has 2 nitrogen and oxygen atoms in total. The fourth-order valence-corrected chi connectivity index (χ4v) is 3.09. The SMILES string of the molecule is NCc1cc(Cl)cc(Cl)c1OCCSc1ccccc1. The third kappa shape index (κ3) is 4.32. The van der Waals surface area contributed by atoms with E-state index in [1.165, 1.54) is 4.90 Å².